The van der Waals surface area contributed by atoms with Crippen LogP contribution in [0.5, 0.6) is 5.75 Å². The molecule has 0 spiro atoms. The van der Waals surface area contributed by atoms with Gasteiger partial charge in [-0.25, -0.2) is 13.9 Å². The Morgan fingerprint density at radius 1 is 0.853 bits per heavy atom. The summed E-state index contributed by atoms with van der Waals surface area (Å²) >= 11 is 0. The quantitative estimate of drug-likeness (QED) is 0.215. The summed E-state index contributed by atoms with van der Waals surface area (Å²) in [5.41, 5.74) is 4.15. The van der Waals surface area contributed by atoms with Crippen molar-refractivity contribution in [3.05, 3.63) is 78.9 Å². The van der Waals surface area contributed by atoms with Gasteiger partial charge in [0.15, 0.2) is 0 Å². The van der Waals surface area contributed by atoms with Gasteiger partial charge >= 0.3 is 0 Å². The summed E-state index contributed by atoms with van der Waals surface area (Å²) in [6, 6.07) is 23.7. The minimum Gasteiger partial charge on any atom is -0.497 e. The molecule has 1 amide bonds. The van der Waals surface area contributed by atoms with Crippen LogP contribution in [-0.4, -0.2) is 33.2 Å². The van der Waals surface area contributed by atoms with Gasteiger partial charge in [0.1, 0.15) is 5.75 Å². The first kappa shape index (κ1) is 25.3. The number of hydrogen-bond donors (Lipinski definition) is 2. The van der Waals surface area contributed by atoms with Crippen LogP contribution in [0.1, 0.15) is 32.1 Å². The summed E-state index contributed by atoms with van der Waals surface area (Å²) in [6.45, 7) is 0.307. The van der Waals surface area contributed by atoms with E-state index in [0.717, 1.165) is 24.0 Å². The van der Waals surface area contributed by atoms with E-state index in [1.54, 1.807) is 49.0 Å². The Morgan fingerprint density at radius 2 is 1.47 bits per heavy atom. The molecule has 0 saturated carbocycles. The van der Waals surface area contributed by atoms with Crippen molar-refractivity contribution in [1.82, 2.24) is 5.48 Å². The van der Waals surface area contributed by atoms with Crippen molar-refractivity contribution >= 4 is 21.6 Å². The van der Waals surface area contributed by atoms with Gasteiger partial charge < -0.3 is 4.74 Å². The number of carbonyl (C=O) groups excluding carboxylic acids is 1. The molecule has 0 aliphatic heterocycles. The number of methoxy groups -OCH3 is 1. The molecule has 2 N–H and O–H groups in total. The minimum absolute atomic E-state index is 0.225. The predicted molar refractivity (Wildman–Crippen MR) is 132 cm³/mol. The SMILES string of the molecule is COc1ccc(N(CCCCCCC(=O)NO)S(=O)(=O)c2ccc(-c3ccccc3)cc2)cc1. The number of hydrogen-bond acceptors (Lipinski definition) is 5. The van der Waals surface area contributed by atoms with Gasteiger partial charge in [-0.3, -0.25) is 14.3 Å². The van der Waals surface area contributed by atoms with E-state index in [2.05, 4.69) is 0 Å². The van der Waals surface area contributed by atoms with Crippen LogP contribution in [0, 0.1) is 0 Å². The zero-order chi connectivity index (χ0) is 24.4. The summed E-state index contributed by atoms with van der Waals surface area (Å²) in [6.07, 6.45) is 3.02. The van der Waals surface area contributed by atoms with Gasteiger partial charge in [0, 0.05) is 13.0 Å². The molecule has 0 aliphatic carbocycles. The van der Waals surface area contributed by atoms with Crippen molar-refractivity contribution in [3.63, 3.8) is 0 Å². The number of amides is 1. The van der Waals surface area contributed by atoms with E-state index in [1.165, 1.54) is 4.31 Å². The lowest BCUT2D eigenvalue weighted by atomic mass is 10.1. The van der Waals surface area contributed by atoms with Gasteiger partial charge in [-0.15, -0.1) is 0 Å². The smallest absolute Gasteiger partial charge is 0.264 e. The van der Waals surface area contributed by atoms with Gasteiger partial charge in [0.25, 0.3) is 10.0 Å². The fourth-order valence-corrected chi connectivity index (χ4v) is 5.17. The molecule has 3 rings (SSSR count). The van der Waals surface area contributed by atoms with E-state index in [4.69, 9.17) is 9.94 Å². The summed E-state index contributed by atoms with van der Waals surface area (Å²) < 4.78 is 33.8. The standard InChI is InChI=1S/C26H30N2O5S/c1-33-24-16-14-23(15-17-24)28(20-8-3-2-7-11-26(29)27-30)34(31,32)25-18-12-22(13-19-25)21-9-5-4-6-10-21/h4-6,9-10,12-19,30H,2-3,7-8,11,20H2,1H3,(H,27,29). The number of sulfonamides is 1. The number of carbonyl (C=O) groups is 1. The maximum atomic E-state index is 13.6. The average molecular weight is 483 g/mol. The molecule has 0 heterocycles. The second kappa shape index (κ2) is 12.2. The molecule has 0 unspecified atom stereocenters. The first-order valence-electron chi connectivity index (χ1n) is 11.2. The first-order valence-corrected chi connectivity index (χ1v) is 12.6. The predicted octanol–water partition coefficient (Wildman–Crippen LogP) is 5.01. The minimum atomic E-state index is -3.79. The molecule has 0 fully saturated rings. The Kier molecular flexibility index (Phi) is 9.07. The lowest BCUT2D eigenvalue weighted by Crippen LogP contribution is -2.32. The van der Waals surface area contributed by atoms with E-state index in [9.17, 15) is 13.2 Å². The molecule has 0 aromatic heterocycles. The summed E-state index contributed by atoms with van der Waals surface area (Å²) in [5.74, 6) is 0.233. The molecule has 7 nitrogen and oxygen atoms in total. The van der Waals surface area contributed by atoms with Crippen molar-refractivity contribution in [1.29, 1.82) is 0 Å². The lowest BCUT2D eigenvalue weighted by molar-refractivity contribution is -0.129. The fourth-order valence-electron chi connectivity index (χ4n) is 3.66. The van der Waals surface area contributed by atoms with Crippen molar-refractivity contribution in [2.75, 3.05) is 18.0 Å². The van der Waals surface area contributed by atoms with Gasteiger partial charge in [-0.1, -0.05) is 55.3 Å². The molecule has 180 valence electrons. The zero-order valence-electron chi connectivity index (χ0n) is 19.2. The molecule has 0 aliphatic rings. The number of hydroxylamine groups is 1. The maximum absolute atomic E-state index is 13.6. The van der Waals surface area contributed by atoms with Crippen molar-refractivity contribution in [2.45, 2.75) is 37.0 Å². The van der Waals surface area contributed by atoms with Gasteiger partial charge in [-0.2, -0.15) is 0 Å². The van der Waals surface area contributed by atoms with Crippen LogP contribution >= 0.6 is 0 Å². The monoisotopic (exact) mass is 482 g/mol. The van der Waals surface area contributed by atoms with E-state index in [-0.39, 0.29) is 11.3 Å². The topological polar surface area (TPSA) is 95.9 Å². The van der Waals surface area contributed by atoms with Crippen LogP contribution in [-0.2, 0) is 14.8 Å². The van der Waals surface area contributed by atoms with Crippen molar-refractivity contribution in [3.8, 4) is 16.9 Å². The van der Waals surface area contributed by atoms with E-state index in [0.29, 0.717) is 30.8 Å². The molecule has 0 saturated heterocycles. The van der Waals surface area contributed by atoms with Crippen molar-refractivity contribution in [2.24, 2.45) is 0 Å². The van der Waals surface area contributed by atoms with Crippen LogP contribution < -0.4 is 14.5 Å². The highest BCUT2D eigenvalue weighted by atomic mass is 32.2. The molecular formula is C26H30N2O5S. The Morgan fingerprint density at radius 3 is 2.09 bits per heavy atom. The summed E-state index contributed by atoms with van der Waals surface area (Å²) in [7, 11) is -2.22. The van der Waals surface area contributed by atoms with Crippen LogP contribution in [0.3, 0.4) is 0 Å². The molecule has 8 heteroatoms. The Hall–Kier alpha value is -3.36. The number of benzene rings is 3. The Labute approximate surface area is 201 Å². The van der Waals surface area contributed by atoms with Gasteiger partial charge in [0.05, 0.1) is 17.7 Å². The highest BCUT2D eigenvalue weighted by Crippen LogP contribution is 2.28. The third-order valence-corrected chi connectivity index (χ3v) is 7.39. The van der Waals surface area contributed by atoms with Gasteiger partial charge in [-0.05, 0) is 60.4 Å². The largest absolute Gasteiger partial charge is 0.497 e. The molecule has 3 aromatic rings. The third-order valence-electron chi connectivity index (χ3n) is 5.55. The normalized spacial score (nSPS) is 11.1. The number of anilines is 1. The lowest BCUT2D eigenvalue weighted by Gasteiger charge is -2.25. The summed E-state index contributed by atoms with van der Waals surface area (Å²) in [4.78, 5) is 11.4. The molecule has 0 bridgehead atoms. The van der Waals surface area contributed by atoms with E-state index >= 15 is 0 Å². The Balaban J connectivity index is 1.77. The number of rotatable bonds is 12. The Bertz CT molecular complexity index is 1150. The number of ether oxygens (including phenoxy) is 1. The van der Waals surface area contributed by atoms with Crippen LogP contribution in [0.4, 0.5) is 5.69 Å². The van der Waals surface area contributed by atoms with E-state index < -0.39 is 15.9 Å². The van der Waals surface area contributed by atoms with Gasteiger partial charge in [0.2, 0.25) is 5.91 Å². The first-order chi connectivity index (χ1) is 16.5. The molecule has 0 atom stereocenters. The van der Waals surface area contributed by atoms with Crippen LogP contribution in [0.25, 0.3) is 11.1 Å². The molecule has 0 radical (unpaired) electrons. The molecule has 3 aromatic carbocycles. The molecule has 34 heavy (non-hydrogen) atoms. The molecular weight excluding hydrogens is 452 g/mol. The van der Waals surface area contributed by atoms with Crippen molar-refractivity contribution < 1.29 is 23.2 Å². The highest BCUT2D eigenvalue weighted by Gasteiger charge is 2.24. The highest BCUT2D eigenvalue weighted by molar-refractivity contribution is 7.92. The number of nitrogens with one attached hydrogen (secondary N) is 1. The summed E-state index contributed by atoms with van der Waals surface area (Å²) in [5, 5.41) is 8.57. The number of unbranched alkanes of at least 4 members (excludes halogenated alkanes) is 3. The maximum Gasteiger partial charge on any atom is 0.264 e. The van der Waals surface area contributed by atoms with E-state index in [1.807, 2.05) is 42.5 Å². The van der Waals surface area contributed by atoms with Crippen LogP contribution in [0.15, 0.2) is 83.8 Å². The second-order valence-corrected chi connectivity index (χ2v) is 9.73. The average Bonchev–Trinajstić information content (AvgIpc) is 2.88. The third kappa shape index (κ3) is 6.59. The van der Waals surface area contributed by atoms with Crippen LogP contribution in [0.2, 0.25) is 0 Å². The fraction of sp³-hybridized carbons (Fsp3) is 0.269. The number of nitrogens with zero attached hydrogens (tertiary/aromatic N) is 1. The zero-order valence-corrected chi connectivity index (χ0v) is 20.0. The second-order valence-electron chi connectivity index (χ2n) is 7.86.